The van der Waals surface area contributed by atoms with Crippen molar-refractivity contribution in [1.82, 2.24) is 9.80 Å². The maximum absolute atomic E-state index is 13.7. The van der Waals surface area contributed by atoms with Crippen molar-refractivity contribution in [1.29, 1.82) is 0 Å². The Balaban J connectivity index is 1.46. The Morgan fingerprint density at radius 1 is 1.11 bits per heavy atom. The van der Waals surface area contributed by atoms with E-state index in [1.54, 1.807) is 35.2 Å². The Morgan fingerprint density at radius 2 is 1.92 bits per heavy atom. The number of rotatable bonds is 10. The fourth-order valence-corrected chi connectivity index (χ4v) is 4.91. The quantitative estimate of drug-likeness (QED) is 0.326. The van der Waals surface area contributed by atoms with E-state index in [4.69, 9.17) is 13.9 Å². The van der Waals surface area contributed by atoms with Gasteiger partial charge >= 0.3 is 0 Å². The number of furan rings is 1. The predicted octanol–water partition coefficient (Wildman–Crippen LogP) is 4.30. The molecule has 0 spiro atoms. The number of benzene rings is 2. The van der Waals surface area contributed by atoms with Crippen molar-refractivity contribution >= 4 is 22.7 Å². The van der Waals surface area contributed by atoms with Crippen LogP contribution in [0.1, 0.15) is 28.6 Å². The van der Waals surface area contributed by atoms with E-state index >= 15 is 0 Å². The first-order valence-electron chi connectivity index (χ1n) is 12.5. The van der Waals surface area contributed by atoms with E-state index in [2.05, 4.69) is 11.5 Å². The Bertz CT molecular complexity index is 1300. The number of fused-ring (bicyclic) bond motifs is 1. The van der Waals surface area contributed by atoms with Gasteiger partial charge in [0, 0.05) is 31.6 Å². The van der Waals surface area contributed by atoms with Gasteiger partial charge in [-0.1, -0.05) is 43.0 Å². The van der Waals surface area contributed by atoms with Crippen molar-refractivity contribution in [2.45, 2.75) is 12.5 Å². The van der Waals surface area contributed by atoms with E-state index in [0.29, 0.717) is 49.7 Å². The molecule has 0 radical (unpaired) electrons. The minimum absolute atomic E-state index is 0.0105. The number of amides is 1. The van der Waals surface area contributed by atoms with E-state index in [0.717, 1.165) is 25.0 Å². The first kappa shape index (κ1) is 24.8. The molecular formula is C29H30N2O6. The van der Waals surface area contributed by atoms with Crippen molar-refractivity contribution in [2.75, 3.05) is 46.0 Å². The Labute approximate surface area is 215 Å². The Kier molecular flexibility index (Phi) is 7.39. The van der Waals surface area contributed by atoms with Crippen LogP contribution < -0.4 is 4.74 Å². The highest BCUT2D eigenvalue weighted by Gasteiger charge is 2.44. The van der Waals surface area contributed by atoms with Crippen molar-refractivity contribution < 1.29 is 28.6 Å². The summed E-state index contributed by atoms with van der Waals surface area (Å²) in [6, 6.07) is 15.4. The highest BCUT2D eigenvalue weighted by atomic mass is 16.5. The van der Waals surface area contributed by atoms with Gasteiger partial charge in [0.15, 0.2) is 11.5 Å². The monoisotopic (exact) mass is 502 g/mol. The molecule has 37 heavy (non-hydrogen) atoms. The summed E-state index contributed by atoms with van der Waals surface area (Å²) in [5.41, 5.74) is 1.25. The molecule has 2 aliphatic heterocycles. The van der Waals surface area contributed by atoms with Gasteiger partial charge in [-0.15, -0.1) is 0 Å². The van der Waals surface area contributed by atoms with Gasteiger partial charge in [0.05, 0.1) is 24.8 Å². The average Bonchev–Trinajstić information content (AvgIpc) is 3.47. The number of aliphatic hydroxyl groups excluding tert-OH is 1. The number of nitrogens with zero attached hydrogens (tertiary/aromatic N) is 2. The lowest BCUT2D eigenvalue weighted by molar-refractivity contribution is -0.129. The van der Waals surface area contributed by atoms with Gasteiger partial charge < -0.3 is 23.9 Å². The van der Waals surface area contributed by atoms with Crippen molar-refractivity contribution in [2.24, 2.45) is 0 Å². The van der Waals surface area contributed by atoms with Crippen LogP contribution in [0.25, 0.3) is 11.0 Å². The third-order valence-corrected chi connectivity index (χ3v) is 6.72. The third-order valence-electron chi connectivity index (χ3n) is 6.72. The number of ketones is 1. The van der Waals surface area contributed by atoms with Gasteiger partial charge in [-0.05, 0) is 36.2 Å². The van der Waals surface area contributed by atoms with Crippen LogP contribution >= 0.6 is 0 Å². The summed E-state index contributed by atoms with van der Waals surface area (Å²) in [6.07, 6.45) is 2.33. The summed E-state index contributed by atoms with van der Waals surface area (Å²) in [4.78, 5) is 30.9. The number of hydrogen-bond donors (Lipinski definition) is 1. The molecule has 1 saturated heterocycles. The van der Waals surface area contributed by atoms with E-state index in [1.807, 2.05) is 30.3 Å². The maximum atomic E-state index is 13.7. The standard InChI is InChI=1S/C29H30N2O6/c1-2-15-36-22-9-5-8-21(18-22)26-25(27(32)24-19-20-7-3-4-10-23(20)37-24)28(33)29(34)31(26)12-6-11-30-13-16-35-17-14-30/h2-5,7-10,18-19,26,33H,1,6,11-17H2. The second-order valence-corrected chi connectivity index (χ2v) is 9.12. The molecule has 0 saturated carbocycles. The maximum Gasteiger partial charge on any atom is 0.290 e. The lowest BCUT2D eigenvalue weighted by Crippen LogP contribution is -2.39. The summed E-state index contributed by atoms with van der Waals surface area (Å²) in [7, 11) is 0. The lowest BCUT2D eigenvalue weighted by atomic mass is 9.94. The van der Waals surface area contributed by atoms with Gasteiger partial charge in [-0.25, -0.2) is 0 Å². The Morgan fingerprint density at radius 3 is 2.70 bits per heavy atom. The highest BCUT2D eigenvalue weighted by molar-refractivity contribution is 6.16. The summed E-state index contributed by atoms with van der Waals surface area (Å²) >= 11 is 0. The molecule has 3 aromatic rings. The molecule has 1 atom stereocenters. The van der Waals surface area contributed by atoms with Crippen molar-refractivity contribution in [3.8, 4) is 5.75 Å². The van der Waals surface area contributed by atoms with Crippen LogP contribution in [0.15, 0.2) is 83.0 Å². The van der Waals surface area contributed by atoms with Gasteiger partial charge in [0.1, 0.15) is 17.9 Å². The van der Waals surface area contributed by atoms with Crippen LogP contribution in [0.5, 0.6) is 5.75 Å². The largest absolute Gasteiger partial charge is 0.503 e. The molecule has 5 rings (SSSR count). The predicted molar refractivity (Wildman–Crippen MR) is 139 cm³/mol. The minimum atomic E-state index is -0.773. The lowest BCUT2D eigenvalue weighted by Gasteiger charge is -2.30. The fraction of sp³-hybridized carbons (Fsp3) is 0.310. The summed E-state index contributed by atoms with van der Waals surface area (Å²) < 4.78 is 16.9. The first-order chi connectivity index (χ1) is 18.1. The Hall–Kier alpha value is -3.88. The molecule has 8 heteroatoms. The van der Waals surface area contributed by atoms with E-state index in [-0.39, 0.29) is 11.3 Å². The molecular weight excluding hydrogens is 472 g/mol. The average molecular weight is 503 g/mol. The molecule has 2 aliphatic rings. The SMILES string of the molecule is C=CCOc1cccc(C2C(C(=O)c3cc4ccccc4o3)=C(O)C(=O)N2CCCN2CCOCC2)c1. The van der Waals surface area contributed by atoms with E-state index in [1.165, 1.54) is 0 Å². The molecule has 0 bridgehead atoms. The number of hydrogen-bond acceptors (Lipinski definition) is 7. The fourth-order valence-electron chi connectivity index (χ4n) is 4.91. The first-order valence-corrected chi connectivity index (χ1v) is 12.5. The second kappa shape index (κ2) is 11.0. The van der Waals surface area contributed by atoms with Crippen LogP contribution in [0, 0.1) is 0 Å². The molecule has 3 heterocycles. The van der Waals surface area contributed by atoms with E-state index < -0.39 is 23.5 Å². The molecule has 0 aliphatic carbocycles. The van der Waals surface area contributed by atoms with Gasteiger partial charge in [0.25, 0.3) is 5.91 Å². The van der Waals surface area contributed by atoms with Gasteiger partial charge in [0.2, 0.25) is 5.78 Å². The van der Waals surface area contributed by atoms with Crippen LogP contribution in [0.4, 0.5) is 0 Å². The summed E-state index contributed by atoms with van der Waals surface area (Å²) in [5, 5.41) is 11.8. The van der Waals surface area contributed by atoms with Crippen LogP contribution in [-0.2, 0) is 9.53 Å². The second-order valence-electron chi connectivity index (χ2n) is 9.12. The molecule has 2 aromatic carbocycles. The number of aliphatic hydroxyl groups is 1. The summed E-state index contributed by atoms with van der Waals surface area (Å²) in [6.45, 7) is 8.25. The molecule has 192 valence electrons. The number of ether oxygens (including phenoxy) is 2. The van der Waals surface area contributed by atoms with Crippen LogP contribution in [0.3, 0.4) is 0 Å². The summed E-state index contributed by atoms with van der Waals surface area (Å²) in [5.74, 6) is -0.960. The van der Waals surface area contributed by atoms with Crippen molar-refractivity contribution in [3.63, 3.8) is 0 Å². The molecule has 1 N–H and O–H groups in total. The number of carbonyl (C=O) groups excluding carboxylic acids is 2. The zero-order chi connectivity index (χ0) is 25.8. The molecule has 1 aromatic heterocycles. The zero-order valence-corrected chi connectivity index (χ0v) is 20.6. The zero-order valence-electron chi connectivity index (χ0n) is 20.6. The highest BCUT2D eigenvalue weighted by Crippen LogP contribution is 2.40. The number of Topliss-reactive ketones (excluding diaryl/α,β-unsaturated/α-hetero) is 1. The third kappa shape index (κ3) is 5.16. The minimum Gasteiger partial charge on any atom is -0.503 e. The normalized spacial score (nSPS) is 18.5. The topological polar surface area (TPSA) is 92.5 Å². The van der Waals surface area contributed by atoms with E-state index in [9.17, 15) is 14.7 Å². The number of morpholine rings is 1. The van der Waals surface area contributed by atoms with Crippen LogP contribution in [0.2, 0.25) is 0 Å². The molecule has 1 unspecified atom stereocenters. The van der Waals surface area contributed by atoms with Gasteiger partial charge in [-0.3, -0.25) is 14.5 Å². The van der Waals surface area contributed by atoms with Crippen LogP contribution in [-0.4, -0.2) is 72.6 Å². The smallest absolute Gasteiger partial charge is 0.290 e. The number of carbonyl (C=O) groups is 2. The molecule has 1 fully saturated rings. The number of para-hydroxylation sites is 1. The van der Waals surface area contributed by atoms with Gasteiger partial charge in [-0.2, -0.15) is 0 Å². The molecule has 1 amide bonds. The molecule has 8 nitrogen and oxygen atoms in total. The van der Waals surface area contributed by atoms with Crippen molar-refractivity contribution in [3.05, 3.63) is 89.9 Å².